The zero-order valence-corrected chi connectivity index (χ0v) is 10.6. The molecule has 0 saturated carbocycles. The van der Waals surface area contributed by atoms with Crippen molar-refractivity contribution in [2.75, 3.05) is 5.32 Å². The van der Waals surface area contributed by atoms with E-state index in [0.29, 0.717) is 11.3 Å². The average molecular weight is 264 g/mol. The van der Waals surface area contributed by atoms with Crippen LogP contribution in [-0.4, -0.2) is 15.9 Å². The predicted molar refractivity (Wildman–Crippen MR) is 77.8 cm³/mol. The fourth-order valence-electron chi connectivity index (χ4n) is 2.03. The van der Waals surface area contributed by atoms with Crippen LogP contribution in [0.25, 0.3) is 11.0 Å². The second-order valence-electron chi connectivity index (χ2n) is 4.26. The summed E-state index contributed by atoms with van der Waals surface area (Å²) >= 11 is 0. The number of nitrogens with one attached hydrogen (secondary N) is 1. The van der Waals surface area contributed by atoms with Crippen LogP contribution in [0, 0.1) is 0 Å². The quantitative estimate of drug-likeness (QED) is 0.761. The first-order valence-corrected chi connectivity index (χ1v) is 6.11. The van der Waals surface area contributed by atoms with Gasteiger partial charge in [-0.3, -0.25) is 14.8 Å². The van der Waals surface area contributed by atoms with Crippen LogP contribution in [-0.2, 0) is 0 Å². The Morgan fingerprint density at radius 3 is 2.65 bits per heavy atom. The van der Waals surface area contributed by atoms with Gasteiger partial charge in [-0.15, -0.1) is 0 Å². The second kappa shape index (κ2) is 4.97. The number of amides is 1. The molecule has 3 aromatic rings. The number of nitrogens with two attached hydrogens (primary N) is 1. The molecule has 2 heterocycles. The van der Waals surface area contributed by atoms with E-state index in [9.17, 15) is 4.79 Å². The lowest BCUT2D eigenvalue weighted by Crippen LogP contribution is -2.13. The van der Waals surface area contributed by atoms with E-state index >= 15 is 0 Å². The van der Waals surface area contributed by atoms with Crippen molar-refractivity contribution in [1.82, 2.24) is 9.97 Å². The number of carbonyl (C=O) groups excluding carboxylic acids is 1. The summed E-state index contributed by atoms with van der Waals surface area (Å²) in [7, 11) is 0. The van der Waals surface area contributed by atoms with E-state index in [4.69, 9.17) is 5.73 Å². The molecule has 0 atom stereocenters. The molecule has 0 unspecified atom stereocenters. The lowest BCUT2D eigenvalue weighted by molar-refractivity contribution is 0.100. The van der Waals surface area contributed by atoms with Gasteiger partial charge in [0.25, 0.3) is 5.91 Å². The molecule has 0 aliphatic heterocycles. The molecule has 1 amide bonds. The van der Waals surface area contributed by atoms with Crippen molar-refractivity contribution >= 4 is 28.3 Å². The normalized spacial score (nSPS) is 10.4. The third kappa shape index (κ3) is 2.16. The molecule has 5 heteroatoms. The van der Waals surface area contributed by atoms with Crippen LogP contribution in [0.1, 0.15) is 10.4 Å². The Morgan fingerprint density at radius 1 is 0.950 bits per heavy atom. The Labute approximate surface area is 115 Å². The van der Waals surface area contributed by atoms with Gasteiger partial charge in [0.15, 0.2) is 0 Å². The first-order valence-electron chi connectivity index (χ1n) is 6.11. The zero-order valence-electron chi connectivity index (χ0n) is 10.6. The molecule has 1 aromatic carbocycles. The van der Waals surface area contributed by atoms with Crippen LogP contribution in [0.5, 0.6) is 0 Å². The fourth-order valence-corrected chi connectivity index (χ4v) is 2.03. The van der Waals surface area contributed by atoms with E-state index in [1.54, 1.807) is 30.6 Å². The van der Waals surface area contributed by atoms with Crippen molar-refractivity contribution in [1.29, 1.82) is 0 Å². The lowest BCUT2D eigenvalue weighted by Gasteiger charge is -2.11. The summed E-state index contributed by atoms with van der Waals surface area (Å²) < 4.78 is 0. The van der Waals surface area contributed by atoms with Gasteiger partial charge in [0.2, 0.25) is 0 Å². The van der Waals surface area contributed by atoms with Gasteiger partial charge in [-0.25, -0.2) is 0 Å². The van der Waals surface area contributed by atoms with E-state index in [2.05, 4.69) is 15.3 Å². The fraction of sp³-hybridized carbons (Fsp3) is 0. The molecule has 98 valence electrons. The number of hydrogen-bond donors (Lipinski definition) is 2. The maximum atomic E-state index is 11.4. The molecule has 0 saturated heterocycles. The topological polar surface area (TPSA) is 80.9 Å². The average Bonchev–Trinajstić information content (AvgIpc) is 2.48. The summed E-state index contributed by atoms with van der Waals surface area (Å²) in [5.74, 6) is -0.473. The first kappa shape index (κ1) is 12.1. The Kier molecular flexibility index (Phi) is 3.01. The Hall–Kier alpha value is -2.95. The third-order valence-corrected chi connectivity index (χ3v) is 2.96. The second-order valence-corrected chi connectivity index (χ2v) is 4.26. The number of benzene rings is 1. The highest BCUT2D eigenvalue weighted by atomic mass is 16.1. The van der Waals surface area contributed by atoms with Crippen LogP contribution in [0.2, 0.25) is 0 Å². The van der Waals surface area contributed by atoms with Gasteiger partial charge in [0.05, 0.1) is 22.5 Å². The molecule has 0 fully saturated rings. The van der Waals surface area contributed by atoms with Gasteiger partial charge < -0.3 is 11.1 Å². The largest absolute Gasteiger partial charge is 0.366 e. The maximum absolute atomic E-state index is 11.4. The Morgan fingerprint density at radius 2 is 1.80 bits per heavy atom. The van der Waals surface area contributed by atoms with Crippen LogP contribution in [0.3, 0.4) is 0 Å². The van der Waals surface area contributed by atoms with Crippen molar-refractivity contribution in [2.24, 2.45) is 5.73 Å². The van der Waals surface area contributed by atoms with Crippen LogP contribution < -0.4 is 11.1 Å². The molecule has 2 aromatic heterocycles. The summed E-state index contributed by atoms with van der Waals surface area (Å²) in [6, 6.07) is 12.6. The molecule has 3 N–H and O–H groups in total. The number of primary amides is 1. The minimum atomic E-state index is -0.473. The van der Waals surface area contributed by atoms with Gasteiger partial charge in [0.1, 0.15) is 5.52 Å². The number of carbonyl (C=O) groups is 1. The molecule has 0 aliphatic carbocycles. The molecule has 0 aliphatic rings. The molecular weight excluding hydrogens is 252 g/mol. The van der Waals surface area contributed by atoms with Crippen LogP contribution in [0.15, 0.2) is 54.9 Å². The number of para-hydroxylation sites is 1. The number of aromatic nitrogens is 2. The summed E-state index contributed by atoms with van der Waals surface area (Å²) in [5.41, 5.74) is 8.78. The van der Waals surface area contributed by atoms with Crippen LogP contribution in [0.4, 0.5) is 11.4 Å². The number of hydrogen-bond acceptors (Lipinski definition) is 4. The summed E-state index contributed by atoms with van der Waals surface area (Å²) in [4.78, 5) is 20.0. The first-order chi connectivity index (χ1) is 9.75. The van der Waals surface area contributed by atoms with E-state index in [1.807, 2.05) is 24.3 Å². The number of anilines is 2. The molecule has 0 radical (unpaired) electrons. The zero-order chi connectivity index (χ0) is 13.9. The highest BCUT2D eigenvalue weighted by Crippen LogP contribution is 2.25. The molecular formula is C15H12N4O. The van der Waals surface area contributed by atoms with E-state index in [1.165, 1.54) is 0 Å². The van der Waals surface area contributed by atoms with Gasteiger partial charge in [0, 0.05) is 12.4 Å². The minimum Gasteiger partial charge on any atom is -0.366 e. The van der Waals surface area contributed by atoms with Crippen molar-refractivity contribution in [3.05, 3.63) is 60.4 Å². The van der Waals surface area contributed by atoms with Gasteiger partial charge in [-0.2, -0.15) is 0 Å². The lowest BCUT2D eigenvalue weighted by atomic mass is 10.1. The van der Waals surface area contributed by atoms with Crippen molar-refractivity contribution < 1.29 is 4.79 Å². The van der Waals surface area contributed by atoms with Gasteiger partial charge in [-0.1, -0.05) is 12.1 Å². The van der Waals surface area contributed by atoms with Gasteiger partial charge in [-0.05, 0) is 30.3 Å². The van der Waals surface area contributed by atoms with Crippen LogP contribution >= 0.6 is 0 Å². The van der Waals surface area contributed by atoms with E-state index in [-0.39, 0.29) is 0 Å². The Balaban J connectivity index is 2.08. The summed E-state index contributed by atoms with van der Waals surface area (Å²) in [5, 5.41) is 3.19. The highest BCUT2D eigenvalue weighted by Gasteiger charge is 2.09. The third-order valence-electron chi connectivity index (χ3n) is 2.96. The molecule has 3 rings (SSSR count). The molecule has 20 heavy (non-hydrogen) atoms. The standard InChI is InChI=1S/C15H12N4O/c16-15(20)10-4-1-2-5-11(10)19-13-7-9-17-12-6-3-8-18-14(12)13/h1-9H,(H2,16,20)(H,17,19). The molecule has 0 bridgehead atoms. The minimum absolute atomic E-state index is 0.438. The molecule has 0 spiro atoms. The van der Waals surface area contributed by atoms with Crippen molar-refractivity contribution in [3.63, 3.8) is 0 Å². The SMILES string of the molecule is NC(=O)c1ccccc1Nc1ccnc2cccnc12. The van der Waals surface area contributed by atoms with E-state index in [0.717, 1.165) is 16.7 Å². The monoisotopic (exact) mass is 264 g/mol. The molecule has 5 nitrogen and oxygen atoms in total. The smallest absolute Gasteiger partial charge is 0.250 e. The summed E-state index contributed by atoms with van der Waals surface area (Å²) in [6.07, 6.45) is 3.40. The highest BCUT2D eigenvalue weighted by molar-refractivity contribution is 6.00. The number of fused-ring (bicyclic) bond motifs is 1. The number of pyridine rings is 2. The predicted octanol–water partition coefficient (Wildman–Crippen LogP) is 2.47. The maximum Gasteiger partial charge on any atom is 0.250 e. The number of rotatable bonds is 3. The number of nitrogens with zero attached hydrogens (tertiary/aromatic N) is 2. The van der Waals surface area contributed by atoms with Gasteiger partial charge >= 0.3 is 0 Å². The Bertz CT molecular complexity index is 780. The summed E-state index contributed by atoms with van der Waals surface area (Å²) in [6.45, 7) is 0. The van der Waals surface area contributed by atoms with E-state index < -0.39 is 5.91 Å². The van der Waals surface area contributed by atoms with Crippen molar-refractivity contribution in [2.45, 2.75) is 0 Å². The van der Waals surface area contributed by atoms with Crippen molar-refractivity contribution in [3.8, 4) is 0 Å².